The number of alkyl halides is 1. The number of carbonyl (C=O) groups is 1. The van der Waals surface area contributed by atoms with Crippen LogP contribution in [0.3, 0.4) is 0 Å². The molecule has 1 unspecified atom stereocenters. The zero-order valence-corrected chi connectivity index (χ0v) is 8.98. The molecule has 0 aromatic carbocycles. The lowest BCUT2D eigenvalue weighted by molar-refractivity contribution is -0.125. The Morgan fingerprint density at radius 3 is 2.38 bits per heavy atom. The molecule has 0 heterocycles. The van der Waals surface area contributed by atoms with Crippen molar-refractivity contribution in [1.29, 1.82) is 0 Å². The maximum absolute atomic E-state index is 13.1. The molecule has 0 saturated carbocycles. The van der Waals surface area contributed by atoms with E-state index >= 15 is 0 Å². The third kappa shape index (κ3) is 5.61. The van der Waals surface area contributed by atoms with E-state index in [9.17, 15) is 9.18 Å². The molecule has 0 bridgehead atoms. The molecule has 3 heteroatoms. The summed E-state index contributed by atoms with van der Waals surface area (Å²) < 4.78 is 13.1. The summed E-state index contributed by atoms with van der Waals surface area (Å²) in [6.07, 6.45) is 1.84. The van der Waals surface area contributed by atoms with Gasteiger partial charge < -0.3 is 5.32 Å². The second-order valence-corrected chi connectivity index (χ2v) is 3.98. The second-order valence-electron chi connectivity index (χ2n) is 3.98. The summed E-state index contributed by atoms with van der Waals surface area (Å²) in [5.74, 6) is -0.0215. The number of nitrogens with one attached hydrogen (secondary N) is 1. The standard InChI is InChI=1S/C10H20FNO/c1-5-8(9(13)12-4)6-7-10(2,3)11/h8H,5-7H2,1-4H3,(H,12,13). The Balaban J connectivity index is 3.93. The Morgan fingerprint density at radius 2 is 2.08 bits per heavy atom. The highest BCUT2D eigenvalue weighted by atomic mass is 19.1. The molecular formula is C10H20FNO. The number of carbonyl (C=O) groups excluding carboxylic acids is 1. The van der Waals surface area contributed by atoms with Gasteiger partial charge in [0.05, 0.1) is 0 Å². The van der Waals surface area contributed by atoms with Crippen LogP contribution in [0, 0.1) is 5.92 Å². The van der Waals surface area contributed by atoms with Crippen LogP contribution in [0.5, 0.6) is 0 Å². The third-order valence-corrected chi connectivity index (χ3v) is 2.20. The molecule has 1 atom stereocenters. The summed E-state index contributed by atoms with van der Waals surface area (Å²) >= 11 is 0. The first kappa shape index (κ1) is 12.4. The van der Waals surface area contributed by atoms with Crippen LogP contribution >= 0.6 is 0 Å². The van der Waals surface area contributed by atoms with Crippen molar-refractivity contribution in [3.05, 3.63) is 0 Å². The predicted octanol–water partition coefficient (Wildman–Crippen LogP) is 2.29. The van der Waals surface area contributed by atoms with Crippen LogP contribution in [-0.2, 0) is 4.79 Å². The SMILES string of the molecule is CCC(CCC(C)(C)F)C(=O)NC. The van der Waals surface area contributed by atoms with E-state index in [2.05, 4.69) is 5.32 Å². The van der Waals surface area contributed by atoms with Gasteiger partial charge >= 0.3 is 0 Å². The van der Waals surface area contributed by atoms with E-state index in [1.165, 1.54) is 0 Å². The van der Waals surface area contributed by atoms with Crippen molar-refractivity contribution in [3.8, 4) is 0 Å². The maximum Gasteiger partial charge on any atom is 0.222 e. The van der Waals surface area contributed by atoms with E-state index in [1.807, 2.05) is 6.92 Å². The molecule has 0 rings (SSSR count). The Bertz CT molecular complexity index is 163. The van der Waals surface area contributed by atoms with Crippen molar-refractivity contribution in [3.63, 3.8) is 0 Å². The van der Waals surface area contributed by atoms with Crippen LogP contribution in [0.4, 0.5) is 4.39 Å². The van der Waals surface area contributed by atoms with Gasteiger partial charge in [-0.05, 0) is 33.1 Å². The first-order valence-electron chi connectivity index (χ1n) is 4.81. The molecular weight excluding hydrogens is 169 g/mol. The lowest BCUT2D eigenvalue weighted by atomic mass is 9.93. The fourth-order valence-electron chi connectivity index (χ4n) is 1.24. The highest BCUT2D eigenvalue weighted by molar-refractivity contribution is 5.78. The lowest BCUT2D eigenvalue weighted by Gasteiger charge is -2.18. The minimum Gasteiger partial charge on any atom is -0.359 e. The first-order valence-corrected chi connectivity index (χ1v) is 4.81. The molecule has 1 amide bonds. The van der Waals surface area contributed by atoms with Crippen molar-refractivity contribution in [1.82, 2.24) is 5.32 Å². The largest absolute Gasteiger partial charge is 0.359 e. The molecule has 0 spiro atoms. The quantitative estimate of drug-likeness (QED) is 0.706. The summed E-state index contributed by atoms with van der Waals surface area (Å²) in [4.78, 5) is 11.2. The third-order valence-electron chi connectivity index (χ3n) is 2.20. The van der Waals surface area contributed by atoms with Crippen molar-refractivity contribution in [2.45, 2.75) is 45.7 Å². The van der Waals surface area contributed by atoms with Gasteiger partial charge in [0.15, 0.2) is 0 Å². The van der Waals surface area contributed by atoms with Gasteiger partial charge in [0.25, 0.3) is 0 Å². The van der Waals surface area contributed by atoms with E-state index in [1.54, 1.807) is 20.9 Å². The van der Waals surface area contributed by atoms with E-state index in [-0.39, 0.29) is 11.8 Å². The topological polar surface area (TPSA) is 29.1 Å². The van der Waals surface area contributed by atoms with E-state index in [4.69, 9.17) is 0 Å². The van der Waals surface area contributed by atoms with Gasteiger partial charge in [-0.15, -0.1) is 0 Å². The van der Waals surface area contributed by atoms with Crippen LogP contribution in [0.1, 0.15) is 40.0 Å². The number of hydrogen-bond donors (Lipinski definition) is 1. The highest BCUT2D eigenvalue weighted by Crippen LogP contribution is 2.21. The minimum absolute atomic E-state index is 0.0201. The predicted molar refractivity (Wildman–Crippen MR) is 52.3 cm³/mol. The van der Waals surface area contributed by atoms with E-state index in [0.717, 1.165) is 6.42 Å². The summed E-state index contributed by atoms with van der Waals surface area (Å²) in [6, 6.07) is 0. The molecule has 78 valence electrons. The van der Waals surface area contributed by atoms with Gasteiger partial charge in [0.1, 0.15) is 5.67 Å². The molecule has 0 aliphatic heterocycles. The Kier molecular flexibility index (Phi) is 4.96. The fraction of sp³-hybridized carbons (Fsp3) is 0.900. The summed E-state index contributed by atoms with van der Waals surface area (Å²) in [5.41, 5.74) is -1.17. The molecule has 0 aliphatic rings. The van der Waals surface area contributed by atoms with E-state index < -0.39 is 5.67 Å². The Morgan fingerprint density at radius 1 is 1.54 bits per heavy atom. The van der Waals surface area contributed by atoms with Crippen molar-refractivity contribution >= 4 is 5.91 Å². The summed E-state index contributed by atoms with van der Waals surface area (Å²) in [6.45, 7) is 5.04. The second kappa shape index (κ2) is 5.20. The number of halogens is 1. The highest BCUT2D eigenvalue weighted by Gasteiger charge is 2.21. The van der Waals surface area contributed by atoms with Gasteiger partial charge in [-0.1, -0.05) is 6.92 Å². The van der Waals surface area contributed by atoms with Crippen molar-refractivity contribution in [2.24, 2.45) is 5.92 Å². The van der Waals surface area contributed by atoms with Crippen LogP contribution in [-0.4, -0.2) is 18.6 Å². The average molecular weight is 189 g/mol. The van der Waals surface area contributed by atoms with Crippen molar-refractivity contribution < 1.29 is 9.18 Å². The van der Waals surface area contributed by atoms with Gasteiger partial charge in [-0.3, -0.25) is 4.79 Å². The molecule has 0 saturated heterocycles. The average Bonchev–Trinajstić information content (AvgIpc) is 2.03. The zero-order chi connectivity index (χ0) is 10.5. The fourth-order valence-corrected chi connectivity index (χ4v) is 1.24. The van der Waals surface area contributed by atoms with Gasteiger partial charge in [0.2, 0.25) is 5.91 Å². The molecule has 0 aromatic heterocycles. The van der Waals surface area contributed by atoms with Crippen LogP contribution in [0.25, 0.3) is 0 Å². The normalized spacial score (nSPS) is 13.9. The molecule has 0 fully saturated rings. The molecule has 0 aromatic rings. The van der Waals surface area contributed by atoms with Gasteiger partial charge in [0, 0.05) is 13.0 Å². The molecule has 2 nitrogen and oxygen atoms in total. The van der Waals surface area contributed by atoms with Gasteiger partial charge in [-0.2, -0.15) is 0 Å². The summed E-state index contributed by atoms with van der Waals surface area (Å²) in [5, 5.41) is 2.59. The zero-order valence-electron chi connectivity index (χ0n) is 8.98. The Labute approximate surface area is 79.9 Å². The molecule has 13 heavy (non-hydrogen) atoms. The van der Waals surface area contributed by atoms with Crippen LogP contribution in [0.15, 0.2) is 0 Å². The molecule has 0 aliphatic carbocycles. The Hall–Kier alpha value is -0.600. The number of hydrogen-bond acceptors (Lipinski definition) is 1. The number of amides is 1. The maximum atomic E-state index is 13.1. The summed E-state index contributed by atoms with van der Waals surface area (Å²) in [7, 11) is 1.62. The minimum atomic E-state index is -1.17. The van der Waals surface area contributed by atoms with Crippen LogP contribution in [0.2, 0.25) is 0 Å². The van der Waals surface area contributed by atoms with Gasteiger partial charge in [-0.25, -0.2) is 4.39 Å². The van der Waals surface area contributed by atoms with Crippen LogP contribution < -0.4 is 5.32 Å². The smallest absolute Gasteiger partial charge is 0.222 e. The van der Waals surface area contributed by atoms with Crippen molar-refractivity contribution in [2.75, 3.05) is 7.05 Å². The molecule has 1 N–H and O–H groups in total. The number of rotatable bonds is 5. The first-order chi connectivity index (χ1) is 5.90. The monoisotopic (exact) mass is 189 g/mol. The molecule has 0 radical (unpaired) electrons. The lowest BCUT2D eigenvalue weighted by Crippen LogP contribution is -2.28. The van der Waals surface area contributed by atoms with E-state index in [0.29, 0.717) is 12.8 Å².